The van der Waals surface area contributed by atoms with Gasteiger partial charge in [0.05, 0.1) is 18.2 Å². The first-order valence-electron chi connectivity index (χ1n) is 9.00. The highest BCUT2D eigenvalue weighted by Crippen LogP contribution is 2.17. The van der Waals surface area contributed by atoms with E-state index in [9.17, 15) is 0 Å². The smallest absolute Gasteiger partial charge is 0.119 e. The summed E-state index contributed by atoms with van der Waals surface area (Å²) >= 11 is 0. The molecule has 130 valence electrons. The Kier molecular flexibility index (Phi) is 6.30. The van der Waals surface area contributed by atoms with E-state index >= 15 is 0 Å². The zero-order valence-electron chi connectivity index (χ0n) is 14.6. The summed E-state index contributed by atoms with van der Waals surface area (Å²) < 4.78 is 5.78. The van der Waals surface area contributed by atoms with Crippen molar-refractivity contribution in [1.82, 2.24) is 4.90 Å². The predicted octanol–water partition coefficient (Wildman–Crippen LogP) is 3.54. The number of anilines is 1. The van der Waals surface area contributed by atoms with E-state index in [0.717, 1.165) is 57.1 Å². The van der Waals surface area contributed by atoms with Gasteiger partial charge in [-0.05, 0) is 55.8 Å². The zero-order valence-corrected chi connectivity index (χ0v) is 14.6. The molecule has 0 aromatic heterocycles. The van der Waals surface area contributed by atoms with Crippen LogP contribution in [-0.2, 0) is 0 Å². The number of benzene rings is 2. The van der Waals surface area contributed by atoms with Crippen molar-refractivity contribution in [3.05, 3.63) is 60.2 Å². The Morgan fingerprint density at radius 2 is 1.72 bits per heavy atom. The monoisotopic (exact) mass is 335 g/mol. The van der Waals surface area contributed by atoms with Crippen molar-refractivity contribution in [1.29, 1.82) is 5.26 Å². The Balaban J connectivity index is 1.41. The molecule has 0 N–H and O–H groups in total. The molecule has 4 nitrogen and oxygen atoms in total. The molecule has 0 saturated carbocycles. The Labute approximate surface area is 150 Å². The molecule has 0 bridgehead atoms. The first-order valence-corrected chi connectivity index (χ1v) is 9.00. The van der Waals surface area contributed by atoms with Gasteiger partial charge in [-0.25, -0.2) is 0 Å². The van der Waals surface area contributed by atoms with Crippen LogP contribution in [-0.4, -0.2) is 44.2 Å². The molecule has 0 radical (unpaired) electrons. The number of hydrogen-bond donors (Lipinski definition) is 0. The lowest BCUT2D eigenvalue weighted by molar-refractivity contribution is 0.244. The first kappa shape index (κ1) is 17.3. The number of rotatable bonds is 6. The highest BCUT2D eigenvalue weighted by Gasteiger charge is 2.15. The van der Waals surface area contributed by atoms with Crippen LogP contribution in [0.2, 0.25) is 0 Å². The van der Waals surface area contributed by atoms with Crippen molar-refractivity contribution in [2.24, 2.45) is 0 Å². The van der Waals surface area contributed by atoms with E-state index in [1.165, 1.54) is 12.1 Å². The molecule has 3 rings (SSSR count). The van der Waals surface area contributed by atoms with E-state index in [-0.39, 0.29) is 0 Å². The van der Waals surface area contributed by atoms with Crippen molar-refractivity contribution < 1.29 is 4.74 Å². The zero-order chi connectivity index (χ0) is 17.3. The standard InChI is InChI=1S/C21H25N3O/c22-18-19-8-10-20(11-9-19)24-14-4-12-23(15-16-24)13-5-17-25-21-6-2-1-3-7-21/h1-3,6-11H,4-5,12-17H2. The third kappa shape index (κ3) is 5.23. The van der Waals surface area contributed by atoms with E-state index in [4.69, 9.17) is 10.00 Å². The molecule has 2 aromatic carbocycles. The Morgan fingerprint density at radius 1 is 0.920 bits per heavy atom. The molecule has 25 heavy (non-hydrogen) atoms. The Morgan fingerprint density at radius 3 is 2.48 bits per heavy atom. The van der Waals surface area contributed by atoms with Gasteiger partial charge >= 0.3 is 0 Å². The summed E-state index contributed by atoms with van der Waals surface area (Å²) in [7, 11) is 0. The van der Waals surface area contributed by atoms with Crippen LogP contribution in [0.5, 0.6) is 5.75 Å². The molecule has 1 aliphatic heterocycles. The van der Waals surface area contributed by atoms with Crippen LogP contribution in [0.3, 0.4) is 0 Å². The van der Waals surface area contributed by atoms with Gasteiger partial charge in [0, 0.05) is 31.9 Å². The summed E-state index contributed by atoms with van der Waals surface area (Å²) in [6.07, 6.45) is 2.21. The minimum Gasteiger partial charge on any atom is -0.494 e. The minimum atomic E-state index is 0.721. The first-order chi connectivity index (χ1) is 12.3. The maximum Gasteiger partial charge on any atom is 0.119 e. The lowest BCUT2D eigenvalue weighted by Crippen LogP contribution is -2.31. The Hall–Kier alpha value is -2.51. The molecule has 0 amide bonds. The van der Waals surface area contributed by atoms with Crippen molar-refractivity contribution in [2.75, 3.05) is 44.2 Å². The quantitative estimate of drug-likeness (QED) is 0.757. The normalized spacial score (nSPS) is 15.4. The molecule has 1 saturated heterocycles. The maximum absolute atomic E-state index is 8.91. The fourth-order valence-electron chi connectivity index (χ4n) is 3.19. The molecule has 4 heteroatoms. The maximum atomic E-state index is 8.91. The number of nitriles is 1. The summed E-state index contributed by atoms with van der Waals surface area (Å²) in [4.78, 5) is 4.94. The fraction of sp³-hybridized carbons (Fsp3) is 0.381. The summed E-state index contributed by atoms with van der Waals surface area (Å²) in [6.45, 7) is 6.16. The van der Waals surface area contributed by atoms with Gasteiger partial charge in [0.25, 0.3) is 0 Å². The van der Waals surface area contributed by atoms with Gasteiger partial charge in [-0.1, -0.05) is 18.2 Å². The average molecular weight is 335 g/mol. The van der Waals surface area contributed by atoms with E-state index in [0.29, 0.717) is 0 Å². The third-order valence-electron chi connectivity index (χ3n) is 4.58. The average Bonchev–Trinajstić information content (AvgIpc) is 2.92. The molecule has 0 unspecified atom stereocenters. The molecule has 1 heterocycles. The van der Waals surface area contributed by atoms with Crippen LogP contribution in [0, 0.1) is 11.3 Å². The lowest BCUT2D eigenvalue weighted by Gasteiger charge is -2.23. The molecule has 0 atom stereocenters. The van der Waals surface area contributed by atoms with Gasteiger partial charge in [0.15, 0.2) is 0 Å². The summed E-state index contributed by atoms with van der Waals surface area (Å²) in [5, 5.41) is 8.91. The Bertz CT molecular complexity index is 679. The van der Waals surface area contributed by atoms with Gasteiger partial charge in [0.1, 0.15) is 5.75 Å². The van der Waals surface area contributed by atoms with Crippen molar-refractivity contribution in [3.63, 3.8) is 0 Å². The second kappa shape index (κ2) is 9.10. The molecule has 2 aromatic rings. The largest absolute Gasteiger partial charge is 0.494 e. The number of hydrogen-bond acceptors (Lipinski definition) is 4. The van der Waals surface area contributed by atoms with Crippen LogP contribution in [0.4, 0.5) is 5.69 Å². The van der Waals surface area contributed by atoms with Crippen molar-refractivity contribution in [3.8, 4) is 11.8 Å². The minimum absolute atomic E-state index is 0.721. The summed E-state index contributed by atoms with van der Waals surface area (Å²) in [6, 6.07) is 20.1. The molecule has 1 fully saturated rings. The van der Waals surface area contributed by atoms with Crippen LogP contribution >= 0.6 is 0 Å². The van der Waals surface area contributed by atoms with Gasteiger partial charge in [-0.15, -0.1) is 0 Å². The highest BCUT2D eigenvalue weighted by molar-refractivity contribution is 5.49. The van der Waals surface area contributed by atoms with E-state index in [1.54, 1.807) is 0 Å². The third-order valence-corrected chi connectivity index (χ3v) is 4.58. The molecular formula is C21H25N3O. The second-order valence-electron chi connectivity index (χ2n) is 6.36. The van der Waals surface area contributed by atoms with E-state index < -0.39 is 0 Å². The van der Waals surface area contributed by atoms with Crippen molar-refractivity contribution in [2.45, 2.75) is 12.8 Å². The number of nitrogens with zero attached hydrogens (tertiary/aromatic N) is 3. The topological polar surface area (TPSA) is 39.5 Å². The highest BCUT2D eigenvalue weighted by atomic mass is 16.5. The van der Waals surface area contributed by atoms with Gasteiger partial charge in [0.2, 0.25) is 0 Å². The van der Waals surface area contributed by atoms with E-state index in [2.05, 4.69) is 28.0 Å². The SMILES string of the molecule is N#Cc1ccc(N2CCCN(CCCOc3ccccc3)CC2)cc1. The van der Waals surface area contributed by atoms with Crippen LogP contribution in [0.15, 0.2) is 54.6 Å². The summed E-state index contributed by atoms with van der Waals surface area (Å²) in [5.41, 5.74) is 1.94. The van der Waals surface area contributed by atoms with Crippen LogP contribution in [0.25, 0.3) is 0 Å². The number of para-hydroxylation sites is 1. The molecule has 0 aliphatic carbocycles. The number of ether oxygens (including phenoxy) is 1. The van der Waals surface area contributed by atoms with Gasteiger partial charge < -0.3 is 14.5 Å². The van der Waals surface area contributed by atoms with E-state index in [1.807, 2.05) is 42.5 Å². The molecule has 1 aliphatic rings. The summed E-state index contributed by atoms with van der Waals surface area (Å²) in [5.74, 6) is 0.949. The van der Waals surface area contributed by atoms with Crippen LogP contribution in [0.1, 0.15) is 18.4 Å². The van der Waals surface area contributed by atoms with Gasteiger partial charge in [-0.2, -0.15) is 5.26 Å². The molecular weight excluding hydrogens is 310 g/mol. The van der Waals surface area contributed by atoms with Gasteiger partial charge in [-0.3, -0.25) is 0 Å². The fourth-order valence-corrected chi connectivity index (χ4v) is 3.19. The van der Waals surface area contributed by atoms with Crippen molar-refractivity contribution >= 4 is 5.69 Å². The molecule has 0 spiro atoms. The van der Waals surface area contributed by atoms with Crippen LogP contribution < -0.4 is 9.64 Å². The lowest BCUT2D eigenvalue weighted by atomic mass is 10.2. The predicted molar refractivity (Wildman–Crippen MR) is 101 cm³/mol. The second-order valence-corrected chi connectivity index (χ2v) is 6.36.